The molecule has 98 valence electrons. The molecule has 0 saturated carbocycles. The van der Waals surface area contributed by atoms with Gasteiger partial charge in [-0.25, -0.2) is 0 Å². The molecule has 1 saturated heterocycles. The summed E-state index contributed by atoms with van der Waals surface area (Å²) in [5.41, 5.74) is 1.79. The Bertz CT molecular complexity index is 578. The number of nitrogens with zero attached hydrogens (tertiary/aromatic N) is 2. The molecule has 1 aliphatic heterocycles. The topological polar surface area (TPSA) is 45.2 Å². The molecule has 1 atom stereocenters. The predicted octanol–water partition coefficient (Wildman–Crippen LogP) is 1.38. The number of aromatic nitrogens is 1. The second-order valence-electron chi connectivity index (χ2n) is 4.80. The first-order chi connectivity index (χ1) is 9.38. The first-order valence-corrected chi connectivity index (χ1v) is 6.64. The Hall–Kier alpha value is -1.78. The van der Waals surface area contributed by atoms with Crippen LogP contribution in [0.3, 0.4) is 0 Å². The van der Waals surface area contributed by atoms with E-state index in [0.717, 1.165) is 49.1 Å². The number of hydrogen-bond acceptors (Lipinski definition) is 4. The lowest BCUT2D eigenvalue weighted by Gasteiger charge is -2.31. The Morgan fingerprint density at radius 2 is 1.95 bits per heavy atom. The van der Waals surface area contributed by atoms with Crippen LogP contribution in [-0.2, 0) is 4.79 Å². The van der Waals surface area contributed by atoms with Crippen molar-refractivity contribution in [1.82, 2.24) is 15.2 Å². The van der Waals surface area contributed by atoms with E-state index in [1.54, 1.807) is 0 Å². The minimum atomic E-state index is -0.230. The van der Waals surface area contributed by atoms with Crippen LogP contribution in [0.1, 0.15) is 11.7 Å². The summed E-state index contributed by atoms with van der Waals surface area (Å²) in [5.74, 6) is 0. The molecule has 1 aliphatic rings. The minimum Gasteiger partial charge on any atom is -0.314 e. The largest absolute Gasteiger partial charge is 0.314 e. The van der Waals surface area contributed by atoms with Crippen LogP contribution in [0.15, 0.2) is 36.4 Å². The summed E-state index contributed by atoms with van der Waals surface area (Å²) < 4.78 is 0. The Kier molecular flexibility index (Phi) is 3.53. The van der Waals surface area contributed by atoms with Crippen molar-refractivity contribution >= 4 is 17.2 Å². The average molecular weight is 255 g/mol. The number of rotatable bonds is 3. The lowest BCUT2D eigenvalue weighted by atomic mass is 10.1. The summed E-state index contributed by atoms with van der Waals surface area (Å²) in [7, 11) is 0. The zero-order valence-corrected chi connectivity index (χ0v) is 10.7. The van der Waals surface area contributed by atoms with Crippen LogP contribution >= 0.6 is 0 Å². The van der Waals surface area contributed by atoms with Gasteiger partial charge in [-0.2, -0.15) is 0 Å². The van der Waals surface area contributed by atoms with E-state index in [0.29, 0.717) is 0 Å². The number of carbonyl (C=O) groups excluding carboxylic acids is 1. The van der Waals surface area contributed by atoms with E-state index in [2.05, 4.69) is 15.2 Å². The molecule has 4 nitrogen and oxygen atoms in total. The summed E-state index contributed by atoms with van der Waals surface area (Å²) in [4.78, 5) is 18.2. The molecule has 0 amide bonds. The number of benzene rings is 1. The van der Waals surface area contributed by atoms with Crippen molar-refractivity contribution in [1.29, 1.82) is 0 Å². The Morgan fingerprint density at radius 1 is 1.16 bits per heavy atom. The van der Waals surface area contributed by atoms with E-state index in [1.807, 2.05) is 36.4 Å². The van der Waals surface area contributed by atoms with Gasteiger partial charge in [0.2, 0.25) is 0 Å². The summed E-state index contributed by atoms with van der Waals surface area (Å²) in [5, 5.41) is 4.40. The number of pyridine rings is 1. The lowest BCUT2D eigenvalue weighted by Crippen LogP contribution is -2.45. The number of fused-ring (bicyclic) bond motifs is 1. The predicted molar refractivity (Wildman–Crippen MR) is 75.0 cm³/mol. The molecule has 0 spiro atoms. The summed E-state index contributed by atoms with van der Waals surface area (Å²) in [6.07, 6.45) is 1.00. The van der Waals surface area contributed by atoms with Gasteiger partial charge in [0.25, 0.3) is 0 Å². The number of para-hydroxylation sites is 1. The third kappa shape index (κ3) is 2.50. The highest BCUT2D eigenvalue weighted by Gasteiger charge is 2.22. The maximum Gasteiger partial charge on any atom is 0.143 e. The maximum atomic E-state index is 11.4. The van der Waals surface area contributed by atoms with Crippen LogP contribution in [0.4, 0.5) is 0 Å². The third-order valence-corrected chi connectivity index (χ3v) is 3.60. The molecule has 1 aromatic carbocycles. The first kappa shape index (κ1) is 12.3. The normalized spacial score (nSPS) is 18.3. The van der Waals surface area contributed by atoms with E-state index < -0.39 is 0 Å². The van der Waals surface area contributed by atoms with Gasteiger partial charge in [-0.3, -0.25) is 9.88 Å². The van der Waals surface area contributed by atoms with Crippen molar-refractivity contribution in [3.8, 4) is 0 Å². The number of nitrogens with one attached hydrogen (secondary N) is 1. The highest BCUT2D eigenvalue weighted by molar-refractivity contribution is 5.79. The second-order valence-corrected chi connectivity index (χ2v) is 4.80. The number of hydrogen-bond donors (Lipinski definition) is 1. The van der Waals surface area contributed by atoms with Crippen LogP contribution < -0.4 is 5.32 Å². The molecule has 0 radical (unpaired) electrons. The third-order valence-electron chi connectivity index (χ3n) is 3.60. The van der Waals surface area contributed by atoms with Crippen LogP contribution in [0.25, 0.3) is 10.9 Å². The molecule has 19 heavy (non-hydrogen) atoms. The monoisotopic (exact) mass is 255 g/mol. The fourth-order valence-electron chi connectivity index (χ4n) is 2.55. The minimum absolute atomic E-state index is 0.230. The molecule has 1 N–H and O–H groups in total. The SMILES string of the molecule is O=CC(c1ccc2ccccc2n1)N1CCNCC1. The summed E-state index contributed by atoms with van der Waals surface area (Å²) in [6, 6.07) is 11.8. The smallest absolute Gasteiger partial charge is 0.143 e. The van der Waals surface area contributed by atoms with Crippen LogP contribution in [-0.4, -0.2) is 42.3 Å². The molecule has 3 rings (SSSR count). The highest BCUT2D eigenvalue weighted by Crippen LogP contribution is 2.20. The molecular weight excluding hydrogens is 238 g/mol. The van der Waals surface area contributed by atoms with Gasteiger partial charge in [0, 0.05) is 31.6 Å². The number of aldehydes is 1. The molecule has 1 unspecified atom stereocenters. The van der Waals surface area contributed by atoms with Gasteiger partial charge >= 0.3 is 0 Å². The Labute approximate surface area is 112 Å². The zero-order chi connectivity index (χ0) is 13.1. The molecule has 1 fully saturated rings. The van der Waals surface area contributed by atoms with E-state index in [9.17, 15) is 4.79 Å². The maximum absolute atomic E-state index is 11.4. The Balaban J connectivity index is 1.93. The van der Waals surface area contributed by atoms with Crippen molar-refractivity contribution < 1.29 is 4.79 Å². The van der Waals surface area contributed by atoms with Crippen LogP contribution in [0.5, 0.6) is 0 Å². The van der Waals surface area contributed by atoms with Gasteiger partial charge in [-0.05, 0) is 12.1 Å². The van der Waals surface area contributed by atoms with Crippen LogP contribution in [0, 0.1) is 0 Å². The summed E-state index contributed by atoms with van der Waals surface area (Å²) >= 11 is 0. The van der Waals surface area contributed by atoms with Crippen molar-refractivity contribution in [3.05, 3.63) is 42.1 Å². The molecule has 0 bridgehead atoms. The van der Waals surface area contributed by atoms with E-state index in [1.165, 1.54) is 0 Å². The first-order valence-electron chi connectivity index (χ1n) is 6.64. The van der Waals surface area contributed by atoms with Crippen molar-refractivity contribution in [2.75, 3.05) is 26.2 Å². The summed E-state index contributed by atoms with van der Waals surface area (Å²) in [6.45, 7) is 3.63. The zero-order valence-electron chi connectivity index (χ0n) is 10.7. The highest BCUT2D eigenvalue weighted by atomic mass is 16.1. The van der Waals surface area contributed by atoms with Gasteiger partial charge in [-0.1, -0.05) is 24.3 Å². The van der Waals surface area contributed by atoms with Crippen molar-refractivity contribution in [2.45, 2.75) is 6.04 Å². The molecule has 1 aromatic heterocycles. The van der Waals surface area contributed by atoms with Gasteiger partial charge in [0.15, 0.2) is 0 Å². The molecule has 4 heteroatoms. The molecular formula is C15H17N3O. The fourth-order valence-corrected chi connectivity index (χ4v) is 2.55. The number of carbonyl (C=O) groups is 1. The van der Waals surface area contributed by atoms with Crippen LogP contribution in [0.2, 0.25) is 0 Å². The van der Waals surface area contributed by atoms with E-state index in [-0.39, 0.29) is 6.04 Å². The molecule has 2 heterocycles. The quantitative estimate of drug-likeness (QED) is 0.842. The fraction of sp³-hybridized carbons (Fsp3) is 0.333. The lowest BCUT2D eigenvalue weighted by molar-refractivity contribution is -0.113. The standard InChI is InChI=1S/C15H17N3O/c19-11-15(18-9-7-16-8-10-18)14-6-5-12-3-1-2-4-13(12)17-14/h1-6,11,15-16H,7-10H2. The van der Waals surface area contributed by atoms with Crippen molar-refractivity contribution in [3.63, 3.8) is 0 Å². The van der Waals surface area contributed by atoms with Gasteiger partial charge in [0.05, 0.1) is 11.2 Å². The van der Waals surface area contributed by atoms with Gasteiger partial charge in [-0.15, -0.1) is 0 Å². The Morgan fingerprint density at radius 3 is 2.74 bits per heavy atom. The van der Waals surface area contributed by atoms with E-state index in [4.69, 9.17) is 0 Å². The van der Waals surface area contributed by atoms with E-state index >= 15 is 0 Å². The van der Waals surface area contributed by atoms with Gasteiger partial charge < -0.3 is 10.1 Å². The molecule has 2 aromatic rings. The average Bonchev–Trinajstić information content (AvgIpc) is 2.49. The second kappa shape index (κ2) is 5.47. The van der Waals surface area contributed by atoms with Gasteiger partial charge in [0.1, 0.15) is 12.3 Å². The number of piperazine rings is 1. The molecule has 0 aliphatic carbocycles. The van der Waals surface area contributed by atoms with Crippen molar-refractivity contribution in [2.24, 2.45) is 0 Å².